The number of nitrogens with one attached hydrogen (secondary N) is 1. The summed E-state index contributed by atoms with van der Waals surface area (Å²) in [5.41, 5.74) is 0.288. The van der Waals surface area contributed by atoms with Crippen molar-refractivity contribution in [2.45, 2.75) is 0 Å². The highest BCUT2D eigenvalue weighted by molar-refractivity contribution is 6.30. The molecule has 2 rings (SSSR count). The third-order valence-corrected chi connectivity index (χ3v) is 3.38. The summed E-state index contributed by atoms with van der Waals surface area (Å²) >= 11 is 0. The van der Waals surface area contributed by atoms with E-state index in [2.05, 4.69) is 10.1 Å². The van der Waals surface area contributed by atoms with Crippen LogP contribution in [0.1, 0.15) is 5.56 Å². The minimum atomic E-state index is -0.781. The van der Waals surface area contributed by atoms with E-state index in [1.54, 1.807) is 6.07 Å². The van der Waals surface area contributed by atoms with Crippen LogP contribution in [0.25, 0.3) is 6.08 Å². The smallest absolute Gasteiger partial charge is 0.343 e. The second-order valence-electron chi connectivity index (χ2n) is 4.96. The fraction of sp³-hybridized carbons (Fsp3) is 0.250. The zero-order valence-corrected chi connectivity index (χ0v) is 13.8. The second kappa shape index (κ2) is 7.47. The van der Waals surface area contributed by atoms with Gasteiger partial charge in [-0.25, -0.2) is 9.59 Å². The zero-order valence-electron chi connectivity index (χ0n) is 13.8. The van der Waals surface area contributed by atoms with E-state index in [1.165, 1.54) is 39.5 Å². The van der Waals surface area contributed by atoms with Crippen molar-refractivity contribution < 1.29 is 33.4 Å². The molecule has 132 valence electrons. The van der Waals surface area contributed by atoms with Gasteiger partial charge in [-0.15, -0.1) is 0 Å². The van der Waals surface area contributed by atoms with E-state index in [0.717, 1.165) is 4.90 Å². The van der Waals surface area contributed by atoms with Crippen molar-refractivity contribution >= 4 is 29.9 Å². The Morgan fingerprint density at radius 2 is 1.92 bits per heavy atom. The van der Waals surface area contributed by atoms with Crippen LogP contribution in [0.4, 0.5) is 4.79 Å². The number of rotatable bonds is 5. The summed E-state index contributed by atoms with van der Waals surface area (Å²) in [6, 6.07) is 3.83. The fourth-order valence-electron chi connectivity index (χ4n) is 2.00. The molecule has 1 aliphatic rings. The Kier molecular flexibility index (Phi) is 5.38. The number of esters is 1. The molecule has 4 amide bonds. The van der Waals surface area contributed by atoms with E-state index in [9.17, 15) is 19.2 Å². The summed E-state index contributed by atoms with van der Waals surface area (Å²) in [6.07, 6.45) is 1.33. The predicted octanol–water partition coefficient (Wildman–Crippen LogP) is 0.339. The van der Waals surface area contributed by atoms with Gasteiger partial charge in [-0.05, 0) is 23.8 Å². The van der Waals surface area contributed by atoms with E-state index in [0.29, 0.717) is 17.1 Å². The fourth-order valence-corrected chi connectivity index (χ4v) is 2.00. The number of imide groups is 2. The van der Waals surface area contributed by atoms with Crippen LogP contribution in [0.2, 0.25) is 0 Å². The van der Waals surface area contributed by atoms with Gasteiger partial charge in [0, 0.05) is 7.05 Å². The number of likely N-dealkylation sites (N-methyl/N-ethyl adjacent to an activating group) is 1. The molecule has 25 heavy (non-hydrogen) atoms. The number of hydrogen-bond donors (Lipinski definition) is 1. The average Bonchev–Trinajstić information content (AvgIpc) is 2.61. The van der Waals surface area contributed by atoms with E-state index in [1.807, 2.05) is 0 Å². The topological polar surface area (TPSA) is 111 Å². The lowest BCUT2D eigenvalue weighted by atomic mass is 10.1. The van der Waals surface area contributed by atoms with Gasteiger partial charge in [-0.3, -0.25) is 19.8 Å². The van der Waals surface area contributed by atoms with Crippen LogP contribution in [0.3, 0.4) is 0 Å². The summed E-state index contributed by atoms with van der Waals surface area (Å²) in [7, 11) is 3.91. The first-order chi connectivity index (χ1) is 11.9. The maximum Gasteiger partial charge on any atom is 0.343 e. The number of hydrogen-bond acceptors (Lipinski definition) is 7. The highest BCUT2D eigenvalue weighted by Crippen LogP contribution is 2.29. The molecule has 1 saturated heterocycles. The van der Waals surface area contributed by atoms with Crippen molar-refractivity contribution in [1.29, 1.82) is 0 Å². The average molecular weight is 348 g/mol. The Morgan fingerprint density at radius 3 is 2.56 bits per heavy atom. The summed E-state index contributed by atoms with van der Waals surface area (Å²) in [5.74, 6) is -1.45. The van der Waals surface area contributed by atoms with Crippen LogP contribution >= 0.6 is 0 Å². The van der Waals surface area contributed by atoms with E-state index < -0.39 is 23.8 Å². The van der Waals surface area contributed by atoms with Crippen molar-refractivity contribution in [3.8, 4) is 11.5 Å². The molecule has 1 aliphatic heterocycles. The highest BCUT2D eigenvalue weighted by Gasteiger charge is 2.33. The Morgan fingerprint density at radius 1 is 1.20 bits per heavy atom. The first kappa shape index (κ1) is 18.0. The Balaban J connectivity index is 2.28. The molecule has 0 saturated carbocycles. The first-order valence-electron chi connectivity index (χ1n) is 7.10. The van der Waals surface area contributed by atoms with Crippen molar-refractivity contribution in [3.05, 3.63) is 29.3 Å². The van der Waals surface area contributed by atoms with Gasteiger partial charge < -0.3 is 14.2 Å². The quantitative estimate of drug-likeness (QED) is 0.464. The normalized spacial score (nSPS) is 15.9. The summed E-state index contributed by atoms with van der Waals surface area (Å²) < 4.78 is 14.9. The molecule has 1 aromatic rings. The van der Waals surface area contributed by atoms with Crippen LogP contribution < -0.4 is 14.8 Å². The molecule has 0 bridgehead atoms. The molecule has 9 heteroatoms. The van der Waals surface area contributed by atoms with Crippen LogP contribution in [0, 0.1) is 0 Å². The van der Waals surface area contributed by atoms with Crippen molar-refractivity contribution in [2.75, 3.05) is 27.9 Å². The molecule has 0 radical (unpaired) electrons. The van der Waals surface area contributed by atoms with Crippen LogP contribution in [-0.2, 0) is 19.1 Å². The maximum atomic E-state index is 12.1. The van der Waals surface area contributed by atoms with Crippen molar-refractivity contribution in [1.82, 2.24) is 10.2 Å². The largest absolute Gasteiger partial charge is 0.493 e. The zero-order chi connectivity index (χ0) is 18.6. The lowest BCUT2D eigenvalue weighted by molar-refractivity contribution is -0.143. The van der Waals surface area contributed by atoms with Gasteiger partial charge in [-0.1, -0.05) is 6.07 Å². The number of carbonyl (C=O) groups is 4. The molecule has 0 aliphatic carbocycles. The van der Waals surface area contributed by atoms with Crippen molar-refractivity contribution in [2.24, 2.45) is 0 Å². The summed E-state index contributed by atoms with van der Waals surface area (Å²) in [4.78, 5) is 47.2. The molecule has 1 aromatic carbocycles. The molecule has 1 heterocycles. The van der Waals surface area contributed by atoms with Crippen LogP contribution in [-0.4, -0.2) is 56.6 Å². The Bertz CT molecular complexity index is 770. The van der Waals surface area contributed by atoms with Gasteiger partial charge in [0.15, 0.2) is 18.1 Å². The number of nitrogens with zero attached hydrogens (tertiary/aromatic N) is 1. The third kappa shape index (κ3) is 3.94. The second-order valence-corrected chi connectivity index (χ2v) is 4.96. The monoisotopic (exact) mass is 348 g/mol. The molecule has 1 N–H and O–H groups in total. The molecular formula is C16H16N2O7. The maximum absolute atomic E-state index is 12.1. The van der Waals surface area contributed by atoms with Crippen molar-refractivity contribution in [3.63, 3.8) is 0 Å². The van der Waals surface area contributed by atoms with Gasteiger partial charge in [-0.2, -0.15) is 0 Å². The van der Waals surface area contributed by atoms with Gasteiger partial charge in [0.25, 0.3) is 11.8 Å². The highest BCUT2D eigenvalue weighted by atomic mass is 16.6. The van der Waals surface area contributed by atoms with Gasteiger partial charge in [0.05, 0.1) is 14.2 Å². The van der Waals surface area contributed by atoms with E-state index >= 15 is 0 Å². The number of amides is 4. The molecule has 1 fully saturated rings. The number of barbiturate groups is 1. The number of methoxy groups -OCH3 is 2. The molecule has 0 atom stereocenters. The molecule has 0 spiro atoms. The minimum Gasteiger partial charge on any atom is -0.493 e. The van der Waals surface area contributed by atoms with Gasteiger partial charge >= 0.3 is 12.0 Å². The number of benzene rings is 1. The predicted molar refractivity (Wildman–Crippen MR) is 84.8 cm³/mol. The van der Waals surface area contributed by atoms with E-state index in [-0.39, 0.29) is 12.2 Å². The molecule has 9 nitrogen and oxygen atoms in total. The van der Waals surface area contributed by atoms with Crippen LogP contribution in [0.15, 0.2) is 23.8 Å². The summed E-state index contributed by atoms with van der Waals surface area (Å²) in [6.45, 7) is -0.291. The lowest BCUT2D eigenvalue weighted by Gasteiger charge is -2.22. The third-order valence-electron chi connectivity index (χ3n) is 3.38. The standard InChI is InChI=1S/C16H16N2O7/c1-18-15(21)10(14(20)17-16(18)22)6-9-4-5-11(12(7-9)23-2)25-8-13(19)24-3/h4-7H,8H2,1-3H3,(H,17,20,22). The SMILES string of the molecule is COC(=O)COc1ccc(C=C2C(=O)NC(=O)N(C)C2=O)cc1OC. The summed E-state index contributed by atoms with van der Waals surface area (Å²) in [5, 5.41) is 2.06. The Labute approximate surface area is 143 Å². The minimum absolute atomic E-state index is 0.188. The molecule has 0 unspecified atom stereocenters. The number of carbonyl (C=O) groups excluding carboxylic acids is 4. The van der Waals surface area contributed by atoms with Crippen LogP contribution in [0.5, 0.6) is 11.5 Å². The first-order valence-corrected chi connectivity index (χ1v) is 7.10. The van der Waals surface area contributed by atoms with E-state index in [4.69, 9.17) is 9.47 Å². The lowest BCUT2D eigenvalue weighted by Crippen LogP contribution is -2.52. The number of urea groups is 1. The number of ether oxygens (including phenoxy) is 3. The van der Waals surface area contributed by atoms with Gasteiger partial charge in [0.2, 0.25) is 0 Å². The Hall–Kier alpha value is -3.36. The van der Waals surface area contributed by atoms with Gasteiger partial charge in [0.1, 0.15) is 5.57 Å². The molecule has 0 aromatic heterocycles. The molecular weight excluding hydrogens is 332 g/mol.